The van der Waals surface area contributed by atoms with Gasteiger partial charge in [-0.2, -0.15) is 0 Å². The molecule has 1 heterocycles. The van der Waals surface area contributed by atoms with E-state index in [-0.39, 0.29) is 23.1 Å². The standard InChI is InChI=1S/C21H23ClN2O2S/c1-14-7-9-17(10-8-14)24-18(25)12-27-19(24)15-5-4-6-16(11-15)23-20(26)21(2,3)13-22/h4-11,19H,12-13H2,1-3H3,(H,23,26)/t19-/m1/s1. The van der Waals surface area contributed by atoms with E-state index in [1.165, 1.54) is 0 Å². The molecule has 1 saturated heterocycles. The van der Waals surface area contributed by atoms with Gasteiger partial charge < -0.3 is 5.32 Å². The number of nitrogens with one attached hydrogen (secondary N) is 1. The molecular formula is C21H23ClN2O2S. The molecule has 27 heavy (non-hydrogen) atoms. The van der Waals surface area contributed by atoms with Crippen molar-refractivity contribution < 1.29 is 9.59 Å². The highest BCUT2D eigenvalue weighted by Crippen LogP contribution is 2.42. The van der Waals surface area contributed by atoms with E-state index in [9.17, 15) is 9.59 Å². The van der Waals surface area contributed by atoms with Gasteiger partial charge in [-0.05, 0) is 50.6 Å². The van der Waals surface area contributed by atoms with Crippen molar-refractivity contribution in [2.24, 2.45) is 5.41 Å². The Labute approximate surface area is 169 Å². The van der Waals surface area contributed by atoms with E-state index in [4.69, 9.17) is 11.6 Å². The maximum atomic E-state index is 12.5. The van der Waals surface area contributed by atoms with Crippen molar-refractivity contribution in [1.29, 1.82) is 0 Å². The Morgan fingerprint density at radius 2 is 1.96 bits per heavy atom. The lowest BCUT2D eigenvalue weighted by Gasteiger charge is -2.25. The minimum atomic E-state index is -0.649. The van der Waals surface area contributed by atoms with Gasteiger partial charge in [-0.3, -0.25) is 14.5 Å². The Morgan fingerprint density at radius 3 is 2.63 bits per heavy atom. The maximum Gasteiger partial charge on any atom is 0.238 e. The first-order valence-corrected chi connectivity index (χ1v) is 10.4. The van der Waals surface area contributed by atoms with Crippen LogP contribution in [0.4, 0.5) is 11.4 Å². The lowest BCUT2D eigenvalue weighted by molar-refractivity contribution is -0.123. The van der Waals surface area contributed by atoms with Crippen LogP contribution in [0.1, 0.15) is 30.3 Å². The highest BCUT2D eigenvalue weighted by atomic mass is 35.5. The van der Waals surface area contributed by atoms with E-state index in [1.807, 2.05) is 74.2 Å². The first kappa shape index (κ1) is 19.8. The average Bonchev–Trinajstić information content (AvgIpc) is 3.04. The second kappa shape index (κ2) is 7.95. The van der Waals surface area contributed by atoms with Crippen LogP contribution in [0.25, 0.3) is 0 Å². The molecular weight excluding hydrogens is 380 g/mol. The summed E-state index contributed by atoms with van der Waals surface area (Å²) < 4.78 is 0. The zero-order valence-corrected chi connectivity index (χ0v) is 17.2. The van der Waals surface area contributed by atoms with Crippen molar-refractivity contribution in [1.82, 2.24) is 0 Å². The summed E-state index contributed by atoms with van der Waals surface area (Å²) in [5.74, 6) is 0.646. The Morgan fingerprint density at radius 1 is 1.26 bits per heavy atom. The summed E-state index contributed by atoms with van der Waals surface area (Å²) in [5, 5.41) is 2.82. The van der Waals surface area contributed by atoms with Crippen molar-refractivity contribution in [2.75, 3.05) is 21.8 Å². The Kier molecular flexibility index (Phi) is 5.82. The van der Waals surface area contributed by atoms with Crippen molar-refractivity contribution in [2.45, 2.75) is 26.1 Å². The van der Waals surface area contributed by atoms with Gasteiger partial charge in [0, 0.05) is 17.3 Å². The first-order chi connectivity index (χ1) is 12.8. The zero-order chi connectivity index (χ0) is 19.6. The molecule has 1 N–H and O–H groups in total. The van der Waals surface area contributed by atoms with Crippen LogP contribution in [0.5, 0.6) is 0 Å². The van der Waals surface area contributed by atoms with Crippen molar-refractivity contribution in [3.8, 4) is 0 Å². The van der Waals surface area contributed by atoms with Gasteiger partial charge in [0.1, 0.15) is 5.37 Å². The second-order valence-electron chi connectivity index (χ2n) is 7.36. The van der Waals surface area contributed by atoms with Gasteiger partial charge in [-0.15, -0.1) is 23.4 Å². The molecule has 1 aliphatic heterocycles. The molecule has 1 fully saturated rings. The Hall–Kier alpha value is -1.98. The van der Waals surface area contributed by atoms with E-state index in [0.29, 0.717) is 11.4 Å². The lowest BCUT2D eigenvalue weighted by atomic mass is 9.95. The largest absolute Gasteiger partial charge is 0.326 e. The number of halogens is 1. The summed E-state index contributed by atoms with van der Waals surface area (Å²) in [6, 6.07) is 15.6. The highest BCUT2D eigenvalue weighted by molar-refractivity contribution is 8.00. The molecule has 142 valence electrons. The van der Waals surface area contributed by atoms with Crippen LogP contribution in [0, 0.1) is 12.3 Å². The zero-order valence-electron chi connectivity index (χ0n) is 15.7. The van der Waals surface area contributed by atoms with Crippen molar-refractivity contribution in [3.63, 3.8) is 0 Å². The normalized spacial score (nSPS) is 17.3. The van der Waals surface area contributed by atoms with Crippen LogP contribution in [0.3, 0.4) is 0 Å². The summed E-state index contributed by atoms with van der Waals surface area (Å²) in [7, 11) is 0. The average molecular weight is 403 g/mol. The molecule has 0 unspecified atom stereocenters. The van der Waals surface area contributed by atoms with Gasteiger partial charge in [0.15, 0.2) is 0 Å². The van der Waals surface area contributed by atoms with Crippen molar-refractivity contribution in [3.05, 3.63) is 59.7 Å². The molecule has 0 spiro atoms. The van der Waals surface area contributed by atoms with Crippen LogP contribution >= 0.6 is 23.4 Å². The number of amides is 2. The molecule has 6 heteroatoms. The molecule has 0 radical (unpaired) electrons. The number of aryl methyl sites for hydroxylation is 1. The molecule has 4 nitrogen and oxygen atoms in total. The van der Waals surface area contributed by atoms with Crippen LogP contribution in [0.2, 0.25) is 0 Å². The minimum absolute atomic E-state index is 0.0894. The van der Waals surface area contributed by atoms with Gasteiger partial charge in [-0.1, -0.05) is 29.8 Å². The lowest BCUT2D eigenvalue weighted by Crippen LogP contribution is -2.32. The number of rotatable bonds is 5. The van der Waals surface area contributed by atoms with E-state index >= 15 is 0 Å². The number of anilines is 2. The van der Waals surface area contributed by atoms with E-state index in [1.54, 1.807) is 11.8 Å². The third-order valence-electron chi connectivity index (χ3n) is 4.56. The summed E-state index contributed by atoms with van der Waals surface area (Å²) in [6.07, 6.45) is 0. The molecule has 3 rings (SSSR count). The quantitative estimate of drug-likeness (QED) is 0.717. The summed E-state index contributed by atoms with van der Waals surface area (Å²) in [4.78, 5) is 26.7. The molecule has 0 aromatic heterocycles. The predicted molar refractivity (Wildman–Crippen MR) is 113 cm³/mol. The molecule has 0 bridgehead atoms. The number of carbonyl (C=O) groups excluding carboxylic acids is 2. The molecule has 1 aliphatic rings. The van der Waals surface area contributed by atoms with Crippen LogP contribution in [-0.2, 0) is 9.59 Å². The number of carbonyl (C=O) groups is 2. The third-order valence-corrected chi connectivity index (χ3v) is 6.44. The second-order valence-corrected chi connectivity index (χ2v) is 8.70. The monoisotopic (exact) mass is 402 g/mol. The summed E-state index contributed by atoms with van der Waals surface area (Å²) >= 11 is 7.49. The molecule has 2 amide bonds. The summed E-state index contributed by atoms with van der Waals surface area (Å²) in [6.45, 7) is 5.64. The van der Waals surface area contributed by atoms with Gasteiger partial charge in [0.25, 0.3) is 0 Å². The highest BCUT2D eigenvalue weighted by Gasteiger charge is 2.34. The fourth-order valence-corrected chi connectivity index (χ4v) is 4.07. The van der Waals surface area contributed by atoms with Gasteiger partial charge >= 0.3 is 0 Å². The van der Waals surface area contributed by atoms with Crippen LogP contribution in [0.15, 0.2) is 48.5 Å². The van der Waals surface area contributed by atoms with Crippen LogP contribution < -0.4 is 10.2 Å². The number of nitrogens with zero attached hydrogens (tertiary/aromatic N) is 1. The Balaban J connectivity index is 1.86. The molecule has 0 saturated carbocycles. The van der Waals surface area contributed by atoms with E-state index in [2.05, 4.69) is 5.32 Å². The molecule has 1 atom stereocenters. The molecule has 2 aromatic rings. The van der Waals surface area contributed by atoms with Gasteiger partial charge in [0.05, 0.1) is 11.2 Å². The van der Waals surface area contributed by atoms with Gasteiger partial charge in [-0.25, -0.2) is 0 Å². The van der Waals surface area contributed by atoms with Gasteiger partial charge in [0.2, 0.25) is 11.8 Å². The SMILES string of the molecule is Cc1ccc(N2C(=O)CS[C@@H]2c2cccc(NC(=O)C(C)(C)CCl)c2)cc1. The maximum absolute atomic E-state index is 12.5. The summed E-state index contributed by atoms with van der Waals surface area (Å²) in [5.41, 5.74) is 3.08. The van der Waals surface area contributed by atoms with E-state index in [0.717, 1.165) is 16.8 Å². The van der Waals surface area contributed by atoms with E-state index < -0.39 is 5.41 Å². The predicted octanol–water partition coefficient (Wildman–Crippen LogP) is 4.98. The fourth-order valence-electron chi connectivity index (χ4n) is 2.79. The number of hydrogen-bond acceptors (Lipinski definition) is 3. The Bertz CT molecular complexity index is 852. The number of thioether (sulfide) groups is 1. The molecule has 0 aliphatic carbocycles. The molecule has 2 aromatic carbocycles. The number of alkyl halides is 1. The fraction of sp³-hybridized carbons (Fsp3) is 0.333. The van der Waals surface area contributed by atoms with Crippen LogP contribution in [-0.4, -0.2) is 23.4 Å². The third kappa shape index (κ3) is 4.30. The number of hydrogen-bond donors (Lipinski definition) is 1. The topological polar surface area (TPSA) is 49.4 Å². The first-order valence-electron chi connectivity index (χ1n) is 8.79. The minimum Gasteiger partial charge on any atom is -0.326 e. The van der Waals surface area contributed by atoms with Crippen molar-refractivity contribution >= 4 is 46.6 Å². The number of benzene rings is 2. The smallest absolute Gasteiger partial charge is 0.238 e.